The minimum atomic E-state index is -0.411. The van der Waals surface area contributed by atoms with Crippen molar-refractivity contribution in [1.82, 2.24) is 10.2 Å². The van der Waals surface area contributed by atoms with Gasteiger partial charge in [0.1, 0.15) is 5.54 Å². The molecule has 1 rings (SSSR count). The molecule has 3 nitrogen and oxygen atoms in total. The molecular weight excluding hydrogens is 210 g/mol. The lowest BCUT2D eigenvalue weighted by molar-refractivity contribution is 0.101. The molecule has 17 heavy (non-hydrogen) atoms. The monoisotopic (exact) mass is 237 g/mol. The molecule has 0 radical (unpaired) electrons. The molecule has 0 aromatic heterocycles. The average molecular weight is 237 g/mol. The molecule has 0 amide bonds. The summed E-state index contributed by atoms with van der Waals surface area (Å²) in [6.07, 6.45) is 4.89. The number of hydrogen-bond donors (Lipinski definition) is 1. The van der Waals surface area contributed by atoms with Crippen molar-refractivity contribution in [2.24, 2.45) is 0 Å². The van der Waals surface area contributed by atoms with Crippen LogP contribution >= 0.6 is 0 Å². The molecule has 3 heteroatoms. The molecule has 0 aromatic rings. The third kappa shape index (κ3) is 3.97. The zero-order valence-corrected chi connectivity index (χ0v) is 12.0. The molecule has 2 unspecified atom stereocenters. The van der Waals surface area contributed by atoms with Crippen molar-refractivity contribution in [1.29, 1.82) is 5.26 Å². The van der Waals surface area contributed by atoms with E-state index in [1.807, 2.05) is 6.92 Å². The van der Waals surface area contributed by atoms with E-state index >= 15 is 0 Å². The van der Waals surface area contributed by atoms with Crippen LogP contribution in [0.25, 0.3) is 0 Å². The Morgan fingerprint density at radius 3 is 2.35 bits per heavy atom. The summed E-state index contributed by atoms with van der Waals surface area (Å²) in [6, 6.07) is 3.98. The van der Waals surface area contributed by atoms with Gasteiger partial charge < -0.3 is 4.90 Å². The van der Waals surface area contributed by atoms with Gasteiger partial charge in [-0.3, -0.25) is 5.32 Å². The van der Waals surface area contributed by atoms with E-state index in [9.17, 15) is 5.26 Å². The van der Waals surface area contributed by atoms with Gasteiger partial charge in [0.25, 0.3) is 0 Å². The van der Waals surface area contributed by atoms with E-state index in [0.29, 0.717) is 12.1 Å². The molecule has 0 aliphatic heterocycles. The first-order valence-corrected chi connectivity index (χ1v) is 6.79. The second kappa shape index (κ2) is 5.84. The molecule has 1 saturated carbocycles. The van der Waals surface area contributed by atoms with E-state index in [4.69, 9.17) is 0 Å². The van der Waals surface area contributed by atoms with Crippen LogP contribution in [0.3, 0.4) is 0 Å². The minimum Gasteiger partial charge on any atom is -0.301 e. The molecule has 1 N–H and O–H groups in total. The Balaban J connectivity index is 2.52. The molecule has 0 saturated heterocycles. The average Bonchev–Trinajstić information content (AvgIpc) is 2.13. The second-order valence-electron chi connectivity index (χ2n) is 6.05. The van der Waals surface area contributed by atoms with E-state index in [0.717, 1.165) is 12.5 Å². The molecule has 0 aromatic carbocycles. The summed E-state index contributed by atoms with van der Waals surface area (Å²) in [5, 5.41) is 12.7. The maximum atomic E-state index is 9.34. The highest BCUT2D eigenvalue weighted by molar-refractivity contribution is 5.06. The van der Waals surface area contributed by atoms with Crippen molar-refractivity contribution in [3.63, 3.8) is 0 Å². The van der Waals surface area contributed by atoms with Crippen molar-refractivity contribution in [3.05, 3.63) is 0 Å². The van der Waals surface area contributed by atoms with Gasteiger partial charge in [-0.15, -0.1) is 0 Å². The summed E-state index contributed by atoms with van der Waals surface area (Å²) in [5.41, 5.74) is -0.411. The van der Waals surface area contributed by atoms with Crippen molar-refractivity contribution in [2.45, 2.75) is 77.0 Å². The summed E-state index contributed by atoms with van der Waals surface area (Å²) >= 11 is 0. The summed E-state index contributed by atoms with van der Waals surface area (Å²) in [4.78, 5) is 2.45. The van der Waals surface area contributed by atoms with Crippen LogP contribution in [0.15, 0.2) is 0 Å². The van der Waals surface area contributed by atoms with Crippen LogP contribution in [-0.4, -0.2) is 35.6 Å². The van der Waals surface area contributed by atoms with E-state index in [1.165, 1.54) is 19.3 Å². The van der Waals surface area contributed by atoms with Crippen LogP contribution in [0.4, 0.5) is 0 Å². The smallest absolute Gasteiger partial charge is 0.105 e. The number of hydrogen-bond acceptors (Lipinski definition) is 3. The van der Waals surface area contributed by atoms with Gasteiger partial charge in [0.05, 0.1) is 6.07 Å². The van der Waals surface area contributed by atoms with Gasteiger partial charge in [0.15, 0.2) is 0 Å². The molecule has 0 bridgehead atoms. The van der Waals surface area contributed by atoms with Gasteiger partial charge in [-0.2, -0.15) is 5.26 Å². The van der Waals surface area contributed by atoms with Crippen LogP contribution in [0.2, 0.25) is 0 Å². The molecule has 98 valence electrons. The second-order valence-corrected chi connectivity index (χ2v) is 6.05. The lowest BCUT2D eigenvalue weighted by atomic mass is 9.88. The Bertz CT molecular complexity index is 278. The first kappa shape index (κ1) is 14.5. The van der Waals surface area contributed by atoms with Gasteiger partial charge in [0.2, 0.25) is 0 Å². The first-order valence-electron chi connectivity index (χ1n) is 6.79. The third-order valence-corrected chi connectivity index (χ3v) is 3.90. The zero-order chi connectivity index (χ0) is 13.1. The number of nitrogens with zero attached hydrogens (tertiary/aromatic N) is 2. The Labute approximate surface area is 106 Å². The highest BCUT2D eigenvalue weighted by Gasteiger charge is 2.32. The van der Waals surface area contributed by atoms with Gasteiger partial charge in [-0.25, -0.2) is 0 Å². The van der Waals surface area contributed by atoms with Gasteiger partial charge in [-0.1, -0.05) is 6.42 Å². The van der Waals surface area contributed by atoms with Crippen molar-refractivity contribution in [3.8, 4) is 6.07 Å². The standard InChI is InChI=1S/C14H27N3/c1-11(2)16-14(4,10-15)9-12(3)17(5)13-7-6-8-13/h11-13,16H,6-9H2,1-5H3. The largest absolute Gasteiger partial charge is 0.301 e. The molecule has 0 spiro atoms. The van der Waals surface area contributed by atoms with Gasteiger partial charge in [0, 0.05) is 18.1 Å². The first-order chi connectivity index (χ1) is 7.88. The van der Waals surface area contributed by atoms with Crippen molar-refractivity contribution in [2.75, 3.05) is 7.05 Å². The Kier molecular flexibility index (Phi) is 4.97. The molecule has 2 atom stereocenters. The predicted octanol–water partition coefficient (Wildman–Crippen LogP) is 2.53. The number of nitriles is 1. The van der Waals surface area contributed by atoms with Gasteiger partial charge in [-0.05, 0) is 54.0 Å². The molecular formula is C14H27N3. The highest BCUT2D eigenvalue weighted by atomic mass is 15.2. The van der Waals surface area contributed by atoms with E-state index in [1.54, 1.807) is 0 Å². The Hall–Kier alpha value is -0.590. The molecule has 1 aliphatic carbocycles. The topological polar surface area (TPSA) is 39.1 Å². The predicted molar refractivity (Wildman–Crippen MR) is 71.8 cm³/mol. The fourth-order valence-corrected chi connectivity index (χ4v) is 2.66. The lowest BCUT2D eigenvalue weighted by Crippen LogP contribution is -2.51. The summed E-state index contributed by atoms with van der Waals surface area (Å²) < 4.78 is 0. The van der Waals surface area contributed by atoms with E-state index in [-0.39, 0.29) is 0 Å². The summed E-state index contributed by atoms with van der Waals surface area (Å²) in [7, 11) is 2.20. The number of rotatable bonds is 6. The number of nitrogens with one attached hydrogen (secondary N) is 1. The van der Waals surface area contributed by atoms with Crippen LogP contribution in [0.1, 0.15) is 53.4 Å². The maximum absolute atomic E-state index is 9.34. The van der Waals surface area contributed by atoms with E-state index in [2.05, 4.69) is 44.1 Å². The fraction of sp³-hybridized carbons (Fsp3) is 0.929. The van der Waals surface area contributed by atoms with Crippen molar-refractivity contribution < 1.29 is 0 Å². The molecule has 1 aliphatic rings. The Morgan fingerprint density at radius 1 is 1.41 bits per heavy atom. The molecule has 0 heterocycles. The highest BCUT2D eigenvalue weighted by Crippen LogP contribution is 2.27. The maximum Gasteiger partial charge on any atom is 0.105 e. The van der Waals surface area contributed by atoms with Crippen molar-refractivity contribution >= 4 is 0 Å². The van der Waals surface area contributed by atoms with Gasteiger partial charge >= 0.3 is 0 Å². The van der Waals surface area contributed by atoms with Crippen LogP contribution in [-0.2, 0) is 0 Å². The SMILES string of the molecule is CC(C)NC(C)(C#N)CC(C)N(C)C1CCC1. The quantitative estimate of drug-likeness (QED) is 0.771. The summed E-state index contributed by atoms with van der Waals surface area (Å²) in [5.74, 6) is 0. The normalized spacial score (nSPS) is 22.0. The Morgan fingerprint density at radius 2 is 2.00 bits per heavy atom. The van der Waals surface area contributed by atoms with E-state index < -0.39 is 5.54 Å². The minimum absolute atomic E-state index is 0.348. The lowest BCUT2D eigenvalue weighted by Gasteiger charge is -2.41. The fourth-order valence-electron chi connectivity index (χ4n) is 2.66. The third-order valence-electron chi connectivity index (χ3n) is 3.90. The zero-order valence-electron chi connectivity index (χ0n) is 12.0. The van der Waals surface area contributed by atoms with Crippen LogP contribution in [0.5, 0.6) is 0 Å². The van der Waals surface area contributed by atoms with Crippen LogP contribution in [0, 0.1) is 11.3 Å². The summed E-state index contributed by atoms with van der Waals surface area (Å²) in [6.45, 7) is 8.43. The molecule has 1 fully saturated rings. The van der Waals surface area contributed by atoms with Crippen LogP contribution < -0.4 is 5.32 Å².